The number of nitrogens with zero attached hydrogens (tertiary/aromatic N) is 2. The Hall–Kier alpha value is -1.89. The van der Waals surface area contributed by atoms with Crippen LogP contribution in [0, 0.1) is 10.1 Å². The molecule has 2 N–H and O–H groups in total. The summed E-state index contributed by atoms with van der Waals surface area (Å²) in [5, 5.41) is 16.5. The first-order chi connectivity index (χ1) is 8.52. The van der Waals surface area contributed by atoms with Crippen molar-refractivity contribution in [3.8, 4) is 0 Å². The molecule has 0 aliphatic carbocycles. The lowest BCUT2D eigenvalue weighted by Gasteiger charge is -2.09. The number of nitrogens with one attached hydrogen (secondary N) is 2. The highest BCUT2D eigenvalue weighted by atomic mass is 16.6. The summed E-state index contributed by atoms with van der Waals surface area (Å²) in [5.74, 6) is 0.914. The molecule has 7 heteroatoms. The van der Waals surface area contributed by atoms with Gasteiger partial charge in [0.1, 0.15) is 11.6 Å². The van der Waals surface area contributed by atoms with Gasteiger partial charge in [-0.05, 0) is 13.8 Å². The summed E-state index contributed by atoms with van der Waals surface area (Å²) >= 11 is 0. The largest absolute Gasteiger partial charge is 0.377 e. The average Bonchev–Trinajstić information content (AvgIpc) is 2.34. The number of ether oxygens (including phenoxy) is 1. The molecule has 1 aromatic heterocycles. The van der Waals surface area contributed by atoms with Crippen LogP contribution in [0.1, 0.15) is 13.8 Å². The number of nitro groups is 1. The molecule has 1 rings (SSSR count). The van der Waals surface area contributed by atoms with Crippen molar-refractivity contribution in [2.45, 2.75) is 20.0 Å². The number of hydrogen-bond acceptors (Lipinski definition) is 6. The van der Waals surface area contributed by atoms with E-state index in [4.69, 9.17) is 4.74 Å². The maximum absolute atomic E-state index is 10.7. The van der Waals surface area contributed by atoms with E-state index in [1.165, 1.54) is 12.1 Å². The molecular formula is C11H18N4O3. The molecule has 0 spiro atoms. The Balaban J connectivity index is 2.64. The monoisotopic (exact) mass is 254 g/mol. The minimum Gasteiger partial charge on any atom is -0.377 e. The standard InChI is InChI=1S/C11H18N4O3/c1-8(2)18-5-4-13-11-7-9(15(16)17)6-10(12-3)14-11/h6-8H,4-5H2,1-3H3,(H2,12,13,14). The molecule has 1 heterocycles. The number of pyridine rings is 1. The predicted octanol–water partition coefficient (Wildman–Crippen LogP) is 1.87. The average molecular weight is 254 g/mol. The third-order valence-corrected chi connectivity index (χ3v) is 2.14. The molecule has 0 atom stereocenters. The molecule has 0 aliphatic rings. The van der Waals surface area contributed by atoms with Gasteiger partial charge in [-0.15, -0.1) is 0 Å². The molecule has 0 saturated heterocycles. The maximum atomic E-state index is 10.7. The molecule has 0 radical (unpaired) electrons. The third kappa shape index (κ3) is 4.54. The molecule has 0 bridgehead atoms. The summed E-state index contributed by atoms with van der Waals surface area (Å²) in [6, 6.07) is 2.78. The van der Waals surface area contributed by atoms with E-state index < -0.39 is 4.92 Å². The van der Waals surface area contributed by atoms with Gasteiger partial charge in [0.15, 0.2) is 0 Å². The second-order valence-corrected chi connectivity index (χ2v) is 3.95. The van der Waals surface area contributed by atoms with E-state index in [1.54, 1.807) is 7.05 Å². The quantitative estimate of drug-likeness (QED) is 0.438. The van der Waals surface area contributed by atoms with Crippen LogP contribution in [0.2, 0.25) is 0 Å². The Morgan fingerprint density at radius 1 is 1.44 bits per heavy atom. The van der Waals surface area contributed by atoms with Crippen LogP contribution in [-0.2, 0) is 4.74 Å². The van der Waals surface area contributed by atoms with Crippen LogP contribution < -0.4 is 10.6 Å². The molecule has 0 saturated carbocycles. The van der Waals surface area contributed by atoms with E-state index in [2.05, 4.69) is 15.6 Å². The van der Waals surface area contributed by atoms with Gasteiger partial charge < -0.3 is 15.4 Å². The van der Waals surface area contributed by atoms with Crippen LogP contribution >= 0.6 is 0 Å². The van der Waals surface area contributed by atoms with Crippen LogP contribution in [-0.4, -0.2) is 36.2 Å². The van der Waals surface area contributed by atoms with Crippen molar-refractivity contribution < 1.29 is 9.66 Å². The van der Waals surface area contributed by atoms with E-state index in [-0.39, 0.29) is 11.8 Å². The minimum absolute atomic E-state index is 0.00151. The summed E-state index contributed by atoms with van der Waals surface area (Å²) in [7, 11) is 1.66. The predicted molar refractivity (Wildman–Crippen MR) is 70.0 cm³/mol. The van der Waals surface area contributed by atoms with Gasteiger partial charge in [0, 0.05) is 13.6 Å². The fourth-order valence-electron chi connectivity index (χ4n) is 1.31. The second kappa shape index (κ2) is 6.75. The van der Waals surface area contributed by atoms with Crippen molar-refractivity contribution in [3.63, 3.8) is 0 Å². The van der Waals surface area contributed by atoms with Crippen LogP contribution in [0.5, 0.6) is 0 Å². The number of hydrogen-bond donors (Lipinski definition) is 2. The van der Waals surface area contributed by atoms with Crippen molar-refractivity contribution in [1.29, 1.82) is 0 Å². The summed E-state index contributed by atoms with van der Waals surface area (Å²) in [6.07, 6.45) is 0.165. The van der Waals surface area contributed by atoms with Gasteiger partial charge in [-0.25, -0.2) is 4.98 Å². The lowest BCUT2D eigenvalue weighted by Crippen LogP contribution is -2.14. The van der Waals surface area contributed by atoms with Gasteiger partial charge in [-0.2, -0.15) is 0 Å². The lowest BCUT2D eigenvalue weighted by molar-refractivity contribution is -0.384. The normalized spacial score (nSPS) is 10.4. The Morgan fingerprint density at radius 2 is 2.11 bits per heavy atom. The first kappa shape index (κ1) is 14.2. The van der Waals surface area contributed by atoms with E-state index in [1.807, 2.05) is 13.8 Å². The highest BCUT2D eigenvalue weighted by Gasteiger charge is 2.10. The zero-order valence-corrected chi connectivity index (χ0v) is 10.8. The smallest absolute Gasteiger partial charge is 0.276 e. The fraction of sp³-hybridized carbons (Fsp3) is 0.545. The van der Waals surface area contributed by atoms with Gasteiger partial charge >= 0.3 is 0 Å². The van der Waals surface area contributed by atoms with E-state index in [0.29, 0.717) is 24.8 Å². The maximum Gasteiger partial charge on any atom is 0.276 e. The van der Waals surface area contributed by atoms with Crippen LogP contribution in [0.15, 0.2) is 12.1 Å². The zero-order chi connectivity index (χ0) is 13.5. The van der Waals surface area contributed by atoms with E-state index in [9.17, 15) is 10.1 Å². The van der Waals surface area contributed by atoms with Gasteiger partial charge in [-0.1, -0.05) is 0 Å². The molecule has 1 aromatic rings. The topological polar surface area (TPSA) is 89.3 Å². The Labute approximate surface area is 106 Å². The SMILES string of the molecule is CNc1cc([N+](=O)[O-])cc(NCCOC(C)C)n1. The zero-order valence-electron chi connectivity index (χ0n) is 10.8. The molecular weight excluding hydrogens is 236 g/mol. The first-order valence-electron chi connectivity index (χ1n) is 5.72. The Morgan fingerprint density at radius 3 is 2.67 bits per heavy atom. The van der Waals surface area contributed by atoms with Crippen molar-refractivity contribution in [2.24, 2.45) is 0 Å². The van der Waals surface area contributed by atoms with Gasteiger partial charge in [0.05, 0.1) is 29.8 Å². The minimum atomic E-state index is -0.446. The highest BCUT2D eigenvalue weighted by Crippen LogP contribution is 2.19. The van der Waals surface area contributed by atoms with Crippen LogP contribution in [0.25, 0.3) is 0 Å². The van der Waals surface area contributed by atoms with Crippen molar-refractivity contribution in [2.75, 3.05) is 30.8 Å². The Bertz CT molecular complexity index is 409. The van der Waals surface area contributed by atoms with E-state index >= 15 is 0 Å². The molecule has 18 heavy (non-hydrogen) atoms. The summed E-state index contributed by atoms with van der Waals surface area (Å²) < 4.78 is 5.36. The summed E-state index contributed by atoms with van der Waals surface area (Å²) in [6.45, 7) is 4.97. The van der Waals surface area contributed by atoms with E-state index in [0.717, 1.165) is 0 Å². The third-order valence-electron chi connectivity index (χ3n) is 2.14. The Kier molecular flexibility index (Phi) is 5.31. The highest BCUT2D eigenvalue weighted by molar-refractivity contribution is 5.54. The van der Waals surface area contributed by atoms with Crippen molar-refractivity contribution >= 4 is 17.3 Å². The molecule has 0 aromatic carbocycles. The molecule has 0 amide bonds. The van der Waals surface area contributed by atoms with Gasteiger partial charge in [0.25, 0.3) is 5.69 Å². The molecule has 0 unspecified atom stereocenters. The fourth-order valence-corrected chi connectivity index (χ4v) is 1.31. The first-order valence-corrected chi connectivity index (χ1v) is 5.72. The summed E-state index contributed by atoms with van der Waals surface area (Å²) in [5.41, 5.74) is 0.00151. The van der Waals surface area contributed by atoms with Crippen LogP contribution in [0.4, 0.5) is 17.3 Å². The van der Waals surface area contributed by atoms with Crippen molar-refractivity contribution in [1.82, 2.24) is 4.98 Å². The molecule has 100 valence electrons. The number of anilines is 2. The van der Waals surface area contributed by atoms with Gasteiger partial charge in [-0.3, -0.25) is 10.1 Å². The van der Waals surface area contributed by atoms with Gasteiger partial charge in [0.2, 0.25) is 0 Å². The lowest BCUT2D eigenvalue weighted by atomic mass is 10.3. The number of rotatable bonds is 7. The molecule has 0 aliphatic heterocycles. The second-order valence-electron chi connectivity index (χ2n) is 3.95. The number of aromatic nitrogens is 1. The molecule has 0 fully saturated rings. The van der Waals surface area contributed by atoms with Crippen molar-refractivity contribution in [3.05, 3.63) is 22.2 Å². The van der Waals surface area contributed by atoms with Crippen LogP contribution in [0.3, 0.4) is 0 Å². The summed E-state index contributed by atoms with van der Waals surface area (Å²) in [4.78, 5) is 14.5. The molecule has 7 nitrogen and oxygen atoms in total.